The van der Waals surface area contributed by atoms with Crippen molar-refractivity contribution >= 4 is 26.8 Å². The first-order valence-electron chi connectivity index (χ1n) is 11.4. The average Bonchev–Trinajstić information content (AvgIpc) is 3.52. The number of aromatic amines is 1. The summed E-state index contributed by atoms with van der Waals surface area (Å²) in [6, 6.07) is 13.7. The molecule has 33 heavy (non-hydrogen) atoms. The van der Waals surface area contributed by atoms with Crippen molar-refractivity contribution in [3.05, 3.63) is 59.5 Å². The molecule has 2 N–H and O–H groups in total. The molecule has 0 atom stereocenters. The molecule has 0 amide bonds. The van der Waals surface area contributed by atoms with Gasteiger partial charge in [0, 0.05) is 12.1 Å². The molecule has 172 valence electrons. The number of hydrogen-bond donors (Lipinski definition) is 2. The van der Waals surface area contributed by atoms with Gasteiger partial charge in [-0.05, 0) is 55.9 Å². The second-order valence-electron chi connectivity index (χ2n) is 8.93. The molecule has 7 nitrogen and oxygen atoms in total. The summed E-state index contributed by atoms with van der Waals surface area (Å²) in [5.41, 5.74) is 4.58. The number of anilines is 1. The minimum atomic E-state index is -3.52. The summed E-state index contributed by atoms with van der Waals surface area (Å²) in [4.78, 5) is 8.20. The molecule has 0 unspecified atom stereocenters. The Balaban J connectivity index is 1.58. The van der Waals surface area contributed by atoms with E-state index in [4.69, 9.17) is 4.52 Å². The molecule has 2 aromatic carbocycles. The molecule has 0 saturated heterocycles. The SMILES string of the molecule is Cc1noc(C)c1-c1cc(S(=O)(=O)CC2CCCC2)c2nc(NCc3ccccc3)[nH]c2c1. The summed E-state index contributed by atoms with van der Waals surface area (Å²) < 4.78 is 32.5. The Morgan fingerprint density at radius 3 is 2.58 bits per heavy atom. The highest BCUT2D eigenvalue weighted by Gasteiger charge is 2.28. The normalized spacial score (nSPS) is 14.8. The van der Waals surface area contributed by atoms with Crippen LogP contribution < -0.4 is 5.32 Å². The maximum Gasteiger partial charge on any atom is 0.201 e. The zero-order chi connectivity index (χ0) is 23.0. The van der Waals surface area contributed by atoms with Gasteiger partial charge in [0.2, 0.25) is 5.95 Å². The van der Waals surface area contributed by atoms with Crippen LogP contribution in [0.2, 0.25) is 0 Å². The first-order chi connectivity index (χ1) is 15.9. The zero-order valence-electron chi connectivity index (χ0n) is 18.9. The van der Waals surface area contributed by atoms with Gasteiger partial charge >= 0.3 is 0 Å². The Kier molecular flexibility index (Phi) is 5.70. The lowest BCUT2D eigenvalue weighted by molar-refractivity contribution is 0.393. The van der Waals surface area contributed by atoms with E-state index in [9.17, 15) is 8.42 Å². The highest BCUT2D eigenvalue weighted by molar-refractivity contribution is 7.91. The van der Waals surface area contributed by atoms with E-state index in [1.165, 1.54) is 0 Å². The number of nitrogens with zero attached hydrogens (tertiary/aromatic N) is 2. The van der Waals surface area contributed by atoms with Gasteiger partial charge < -0.3 is 14.8 Å². The van der Waals surface area contributed by atoms with E-state index in [2.05, 4.69) is 20.4 Å². The van der Waals surface area contributed by atoms with Crippen molar-refractivity contribution in [2.24, 2.45) is 5.92 Å². The standard InChI is InChI=1S/C25H28N4O3S/c1-16-23(17(2)32-29-16)20-12-21-24(22(13-20)33(30,31)15-19-10-6-7-11-19)28-25(27-21)26-14-18-8-4-3-5-9-18/h3-5,8-9,12-13,19H,6-7,10-11,14-15H2,1-2H3,(H2,26,27,28). The zero-order valence-corrected chi connectivity index (χ0v) is 19.7. The van der Waals surface area contributed by atoms with E-state index < -0.39 is 9.84 Å². The Hall–Kier alpha value is -3.13. The molecule has 2 heterocycles. The van der Waals surface area contributed by atoms with Crippen molar-refractivity contribution in [3.8, 4) is 11.1 Å². The first kappa shape index (κ1) is 21.7. The van der Waals surface area contributed by atoms with Crippen LogP contribution in [0.25, 0.3) is 22.2 Å². The van der Waals surface area contributed by atoms with Crippen LogP contribution in [-0.4, -0.2) is 29.3 Å². The Morgan fingerprint density at radius 1 is 1.12 bits per heavy atom. The molecule has 1 fully saturated rings. The number of aryl methyl sites for hydroxylation is 2. The molecular formula is C25H28N4O3S. The van der Waals surface area contributed by atoms with E-state index in [1.54, 1.807) is 6.07 Å². The summed E-state index contributed by atoms with van der Waals surface area (Å²) in [6.07, 6.45) is 4.14. The van der Waals surface area contributed by atoms with Crippen molar-refractivity contribution in [2.75, 3.05) is 11.1 Å². The van der Waals surface area contributed by atoms with Crippen LogP contribution >= 0.6 is 0 Å². The lowest BCUT2D eigenvalue weighted by atomic mass is 10.0. The van der Waals surface area contributed by atoms with Gasteiger partial charge in [-0.2, -0.15) is 0 Å². The van der Waals surface area contributed by atoms with E-state index in [0.29, 0.717) is 29.3 Å². The largest absolute Gasteiger partial charge is 0.361 e. The van der Waals surface area contributed by atoms with Crippen molar-refractivity contribution in [3.63, 3.8) is 0 Å². The highest BCUT2D eigenvalue weighted by atomic mass is 32.2. The number of nitrogens with one attached hydrogen (secondary N) is 2. The van der Waals surface area contributed by atoms with Crippen molar-refractivity contribution in [1.29, 1.82) is 0 Å². The molecule has 0 bridgehead atoms. The Bertz CT molecular complexity index is 1360. The quantitative estimate of drug-likeness (QED) is 0.379. The number of rotatable bonds is 7. The summed E-state index contributed by atoms with van der Waals surface area (Å²) in [5.74, 6) is 1.57. The maximum atomic E-state index is 13.6. The van der Waals surface area contributed by atoms with Crippen LogP contribution in [-0.2, 0) is 16.4 Å². The number of H-pyrrole nitrogens is 1. The van der Waals surface area contributed by atoms with Crippen LogP contribution in [0.5, 0.6) is 0 Å². The van der Waals surface area contributed by atoms with Crippen LogP contribution in [0, 0.1) is 19.8 Å². The predicted molar refractivity (Wildman–Crippen MR) is 129 cm³/mol. The molecule has 1 aliphatic rings. The molecule has 0 spiro atoms. The van der Waals surface area contributed by atoms with Crippen LogP contribution in [0.3, 0.4) is 0 Å². The van der Waals surface area contributed by atoms with Crippen molar-refractivity contribution in [1.82, 2.24) is 15.1 Å². The van der Waals surface area contributed by atoms with E-state index >= 15 is 0 Å². The average molecular weight is 465 g/mol. The Morgan fingerprint density at radius 2 is 1.88 bits per heavy atom. The fraction of sp³-hybridized carbons (Fsp3) is 0.360. The molecule has 4 aromatic rings. The van der Waals surface area contributed by atoms with Crippen LogP contribution in [0.1, 0.15) is 42.7 Å². The number of aromatic nitrogens is 3. The molecule has 1 aliphatic carbocycles. The summed E-state index contributed by atoms with van der Waals surface area (Å²) in [6.45, 7) is 4.29. The van der Waals surface area contributed by atoms with E-state index in [1.807, 2.05) is 50.2 Å². The topological polar surface area (TPSA) is 101 Å². The second kappa shape index (κ2) is 8.67. The fourth-order valence-electron chi connectivity index (χ4n) is 4.80. The van der Waals surface area contributed by atoms with Gasteiger partial charge in [0.15, 0.2) is 9.84 Å². The summed E-state index contributed by atoms with van der Waals surface area (Å²) >= 11 is 0. The van der Waals surface area contributed by atoms with Gasteiger partial charge in [-0.15, -0.1) is 0 Å². The van der Waals surface area contributed by atoms with E-state index in [0.717, 1.165) is 48.1 Å². The number of benzene rings is 2. The summed E-state index contributed by atoms with van der Waals surface area (Å²) in [7, 11) is -3.52. The number of hydrogen-bond acceptors (Lipinski definition) is 6. The minimum Gasteiger partial charge on any atom is -0.361 e. The van der Waals surface area contributed by atoms with Gasteiger partial charge in [-0.25, -0.2) is 13.4 Å². The number of fused-ring (bicyclic) bond motifs is 1. The van der Waals surface area contributed by atoms with Crippen molar-refractivity contribution in [2.45, 2.75) is 51.0 Å². The van der Waals surface area contributed by atoms with Crippen molar-refractivity contribution < 1.29 is 12.9 Å². The van der Waals surface area contributed by atoms with Gasteiger partial charge in [0.05, 0.1) is 21.9 Å². The molecule has 0 radical (unpaired) electrons. The molecule has 0 aliphatic heterocycles. The van der Waals surface area contributed by atoms with E-state index in [-0.39, 0.29) is 16.6 Å². The van der Waals surface area contributed by atoms with Crippen LogP contribution in [0.4, 0.5) is 5.95 Å². The lowest BCUT2D eigenvalue weighted by Crippen LogP contribution is -2.14. The first-order valence-corrected chi connectivity index (χ1v) is 13.0. The minimum absolute atomic E-state index is 0.160. The molecule has 5 rings (SSSR count). The number of sulfone groups is 1. The van der Waals surface area contributed by atoms with Gasteiger partial charge in [-0.3, -0.25) is 0 Å². The second-order valence-corrected chi connectivity index (χ2v) is 10.9. The molecular weight excluding hydrogens is 436 g/mol. The van der Waals surface area contributed by atoms with Gasteiger partial charge in [0.25, 0.3) is 0 Å². The fourth-order valence-corrected chi connectivity index (χ4v) is 6.69. The third-order valence-corrected chi connectivity index (χ3v) is 8.33. The predicted octanol–water partition coefficient (Wildman–Crippen LogP) is 5.41. The van der Waals surface area contributed by atoms with Crippen LogP contribution in [0.15, 0.2) is 51.9 Å². The molecule has 1 saturated carbocycles. The number of imidazole rings is 1. The Labute approximate surface area is 193 Å². The summed E-state index contributed by atoms with van der Waals surface area (Å²) in [5, 5.41) is 7.34. The molecule has 2 aromatic heterocycles. The third kappa shape index (κ3) is 4.39. The third-order valence-electron chi connectivity index (χ3n) is 6.44. The smallest absolute Gasteiger partial charge is 0.201 e. The molecule has 8 heteroatoms. The highest BCUT2D eigenvalue weighted by Crippen LogP contribution is 2.36. The van der Waals surface area contributed by atoms with Gasteiger partial charge in [0.1, 0.15) is 11.3 Å². The monoisotopic (exact) mass is 464 g/mol. The maximum absolute atomic E-state index is 13.6. The van der Waals surface area contributed by atoms with Gasteiger partial charge in [-0.1, -0.05) is 48.3 Å². The lowest BCUT2D eigenvalue weighted by Gasteiger charge is -2.12.